The molecule has 0 saturated carbocycles. The molecule has 0 atom stereocenters. The van der Waals surface area contributed by atoms with Crippen LogP contribution in [0.4, 0.5) is 5.69 Å². The van der Waals surface area contributed by atoms with E-state index < -0.39 is 0 Å². The Balaban J connectivity index is 0.000000105. The maximum absolute atomic E-state index is 6.28. The largest absolute Gasteiger partial charge is 0.436 e. The van der Waals surface area contributed by atoms with Crippen molar-refractivity contribution in [2.45, 2.75) is 6.42 Å². The molecule has 7 aliphatic rings. The third-order valence-electron chi connectivity index (χ3n) is 22.8. The van der Waals surface area contributed by atoms with Crippen LogP contribution in [0.2, 0.25) is 0 Å². The lowest BCUT2D eigenvalue weighted by atomic mass is 9.91. The number of hydrogen-bond donors (Lipinski definition) is 0. The predicted molar refractivity (Wildman–Crippen MR) is 452 cm³/mol. The van der Waals surface area contributed by atoms with Gasteiger partial charge in [-0.15, -0.1) is 0 Å². The zero-order chi connectivity index (χ0) is 71.6. The summed E-state index contributed by atoms with van der Waals surface area (Å²) in [6.45, 7) is 0. The first kappa shape index (κ1) is 62.1. The molecule has 0 fully saturated rings. The Bertz CT molecular complexity index is 6900. The monoisotopic (exact) mass is 1380 g/mol. The van der Waals surface area contributed by atoms with E-state index in [2.05, 4.69) is 362 Å². The molecule has 17 aromatic rings. The molecule has 0 bridgehead atoms. The second-order valence-corrected chi connectivity index (χ2v) is 28.7. The summed E-state index contributed by atoms with van der Waals surface area (Å²) in [4.78, 5) is 9.98. The zero-order valence-electron chi connectivity index (χ0n) is 59.3. The van der Waals surface area contributed by atoms with Crippen LogP contribution in [0, 0.1) is 0 Å². The van der Waals surface area contributed by atoms with Gasteiger partial charge >= 0.3 is 0 Å². The fourth-order valence-corrected chi connectivity index (χ4v) is 18.3. The lowest BCUT2D eigenvalue weighted by Gasteiger charge is -2.12. The molecule has 0 spiro atoms. The molecule has 0 radical (unpaired) electrons. The fourth-order valence-electron chi connectivity index (χ4n) is 18.3. The van der Waals surface area contributed by atoms with Crippen molar-refractivity contribution in [2.24, 2.45) is 4.99 Å². The van der Waals surface area contributed by atoms with Crippen molar-refractivity contribution in [3.05, 3.63) is 483 Å². The molecule has 4 heteroatoms. The van der Waals surface area contributed by atoms with Crippen molar-refractivity contribution < 1.29 is 4.42 Å². The van der Waals surface area contributed by atoms with E-state index in [-0.39, 0.29) is 0 Å². The molecule has 0 unspecified atom stereocenters. The molecular weight excluding hydrogens is 1320 g/mol. The van der Waals surface area contributed by atoms with Crippen LogP contribution in [0.1, 0.15) is 100 Å². The van der Waals surface area contributed by atoms with Gasteiger partial charge in [-0.05, 0) is 205 Å². The van der Waals surface area contributed by atoms with Gasteiger partial charge in [-0.3, -0.25) is 4.99 Å². The lowest BCUT2D eigenvalue weighted by Crippen LogP contribution is -2.02. The minimum atomic E-state index is 0.683. The molecule has 109 heavy (non-hydrogen) atoms. The van der Waals surface area contributed by atoms with Gasteiger partial charge in [0.05, 0.1) is 28.0 Å². The Labute approximate surface area is 631 Å². The number of aliphatic imine (C=N–C) groups is 1. The summed E-state index contributed by atoms with van der Waals surface area (Å²) >= 11 is 0. The summed E-state index contributed by atoms with van der Waals surface area (Å²) in [6.07, 6.45) is 0.888. The Morgan fingerprint density at radius 1 is 0.239 bits per heavy atom. The highest BCUT2D eigenvalue weighted by Crippen LogP contribution is 2.62. The van der Waals surface area contributed by atoms with Gasteiger partial charge in [0.2, 0.25) is 5.89 Å². The first-order valence-corrected chi connectivity index (χ1v) is 37.6. The Kier molecular flexibility index (Phi) is 14.4. The molecule has 3 heterocycles. The van der Waals surface area contributed by atoms with E-state index >= 15 is 0 Å². The second kappa shape index (κ2) is 25.2. The summed E-state index contributed by atoms with van der Waals surface area (Å²) in [6, 6.07) is 137. The summed E-state index contributed by atoms with van der Waals surface area (Å²) < 4.78 is 8.69. The molecule has 2 aromatic heterocycles. The van der Waals surface area contributed by atoms with Crippen LogP contribution in [0.25, 0.3) is 117 Å². The van der Waals surface area contributed by atoms with Crippen LogP contribution in [-0.4, -0.2) is 15.3 Å². The third kappa shape index (κ3) is 9.78. The molecule has 1 aliphatic heterocycles. The highest BCUT2D eigenvalue weighted by atomic mass is 16.3. The van der Waals surface area contributed by atoms with E-state index in [1.54, 1.807) is 0 Å². The molecule has 0 saturated heterocycles. The first-order valence-electron chi connectivity index (χ1n) is 37.6. The molecule has 24 rings (SSSR count). The molecule has 6 aliphatic carbocycles. The fraction of sp³-hybridized carbons (Fsp3) is 0.00952. The first-order chi connectivity index (χ1) is 54.1. The van der Waals surface area contributed by atoms with E-state index in [1.807, 2.05) is 24.3 Å². The van der Waals surface area contributed by atoms with E-state index in [1.165, 1.54) is 200 Å². The van der Waals surface area contributed by atoms with Gasteiger partial charge in [0.25, 0.3) is 0 Å². The van der Waals surface area contributed by atoms with Gasteiger partial charge in [0, 0.05) is 39.6 Å². The Morgan fingerprint density at radius 3 is 1.00 bits per heavy atom. The summed E-state index contributed by atoms with van der Waals surface area (Å²) in [5.41, 5.74) is 47.4. The molecule has 0 N–H and O–H groups in total. The van der Waals surface area contributed by atoms with E-state index in [4.69, 9.17) is 14.4 Å². The minimum absolute atomic E-state index is 0.683. The van der Waals surface area contributed by atoms with Gasteiger partial charge < -0.3 is 8.98 Å². The number of allylic oxidation sites excluding steroid dienone is 7. The third-order valence-corrected chi connectivity index (χ3v) is 22.8. The smallest absolute Gasteiger partial charge is 0.228 e. The zero-order valence-corrected chi connectivity index (χ0v) is 59.3. The quantitative estimate of drug-likeness (QED) is 0.152. The van der Waals surface area contributed by atoms with Gasteiger partial charge in [-0.25, -0.2) is 4.98 Å². The molecule has 506 valence electrons. The normalized spacial score (nSPS) is 14.2. The van der Waals surface area contributed by atoms with Crippen molar-refractivity contribution in [3.8, 4) is 16.8 Å². The second-order valence-electron chi connectivity index (χ2n) is 28.7. The molecule has 15 aromatic carbocycles. The molecule has 4 nitrogen and oxygen atoms in total. The molecular formula is C105H65N3O. The number of para-hydroxylation sites is 4. The number of rotatable bonds is 8. The number of hydrogen-bond acceptors (Lipinski definition) is 3. The van der Waals surface area contributed by atoms with E-state index in [0.717, 1.165) is 28.8 Å². The SMILES string of the molecule is c1ccc(C2=C3C(=C(C4=Nc5ccccc5C4)c4ccccc43)c3ccccc32)cc1.c1ccc(C2=C3C(=C(c4ccc5c(c4)c4cc(-c6ccccc6)ccc4n5-c4ccccc4)c4ccccc43)c3ccccc32)cc1.c1ccc(C2=C3C(=C(c4nc5ccccc5o4)c4ccccc43)c3ccccc32)cc1. The number of fused-ring (bicyclic) bond motifs is 20. The van der Waals surface area contributed by atoms with E-state index in [0.29, 0.717) is 5.89 Å². The van der Waals surface area contributed by atoms with Crippen LogP contribution >= 0.6 is 0 Å². The number of benzene rings is 15. The van der Waals surface area contributed by atoms with Gasteiger partial charge in [-0.1, -0.05) is 328 Å². The van der Waals surface area contributed by atoms with Crippen LogP contribution in [0.15, 0.2) is 392 Å². The van der Waals surface area contributed by atoms with Crippen LogP contribution in [-0.2, 0) is 6.42 Å². The number of nitrogens with zero attached hydrogens (tertiary/aromatic N) is 3. The highest BCUT2D eigenvalue weighted by Gasteiger charge is 2.42. The van der Waals surface area contributed by atoms with Crippen LogP contribution in [0.5, 0.6) is 0 Å². The summed E-state index contributed by atoms with van der Waals surface area (Å²) in [5, 5.41) is 2.52. The number of oxazole rings is 1. The van der Waals surface area contributed by atoms with Gasteiger partial charge in [-0.2, -0.15) is 0 Å². The predicted octanol–water partition coefficient (Wildman–Crippen LogP) is 26.0. The van der Waals surface area contributed by atoms with Crippen molar-refractivity contribution >= 4 is 111 Å². The summed E-state index contributed by atoms with van der Waals surface area (Å²) in [5.74, 6) is 0.683. The topological polar surface area (TPSA) is 43.3 Å². The maximum Gasteiger partial charge on any atom is 0.228 e. The van der Waals surface area contributed by atoms with Gasteiger partial charge in [0.15, 0.2) is 5.58 Å². The van der Waals surface area contributed by atoms with Crippen molar-refractivity contribution in [2.75, 3.05) is 0 Å². The average Bonchev–Trinajstić information content (AvgIpc) is 1.55. The van der Waals surface area contributed by atoms with Crippen LogP contribution in [0.3, 0.4) is 0 Å². The average molecular weight is 1380 g/mol. The van der Waals surface area contributed by atoms with Gasteiger partial charge in [0.1, 0.15) is 5.52 Å². The highest BCUT2D eigenvalue weighted by molar-refractivity contribution is 6.46. The Morgan fingerprint density at radius 2 is 0.560 bits per heavy atom. The van der Waals surface area contributed by atoms with Crippen LogP contribution < -0.4 is 0 Å². The molecule has 0 amide bonds. The standard InChI is InChI=1S/C46H29N.C30H19N.C29H17NO/c1-4-14-30(15-5-1)32-24-26-41-39(28-32)40-29-33(25-27-42(40)47(41)34-18-8-3-9-19-34)44-36-21-11-13-23-38(36)45-43(31-16-6-2-7-17-31)35-20-10-12-22-37(35)46(44)45;1-2-10-19(11-3-1)27-21-13-5-7-15-23(21)30-28(22-14-6-8-16-24(22)29(27)30)26-18-20-12-4-9-17-25(20)31-26;1-2-10-18(11-3-1)25-19-12-4-5-13-20(19)27-26(25)21-14-6-7-15-22(21)28(27)29-30-23-16-8-9-17-24(23)31-29/h1-29H;1-17H,18H2;1-17H. The van der Waals surface area contributed by atoms with Crippen molar-refractivity contribution in [3.63, 3.8) is 0 Å². The van der Waals surface area contributed by atoms with Crippen molar-refractivity contribution in [1.82, 2.24) is 9.55 Å². The maximum atomic E-state index is 6.28. The van der Waals surface area contributed by atoms with E-state index in [9.17, 15) is 0 Å². The summed E-state index contributed by atoms with van der Waals surface area (Å²) in [7, 11) is 0. The van der Waals surface area contributed by atoms with Crippen molar-refractivity contribution in [1.29, 1.82) is 0 Å². The minimum Gasteiger partial charge on any atom is -0.436 e. The number of aromatic nitrogens is 2. The lowest BCUT2D eigenvalue weighted by molar-refractivity contribution is 0.585. The Hall–Kier alpha value is -14.3.